The van der Waals surface area contributed by atoms with Gasteiger partial charge in [0.25, 0.3) is 0 Å². The van der Waals surface area contributed by atoms with E-state index < -0.39 is 157 Å². The third kappa shape index (κ3) is 8.49. The van der Waals surface area contributed by atoms with E-state index in [4.69, 9.17) is 25.8 Å². The van der Waals surface area contributed by atoms with Crippen LogP contribution >= 0.6 is 11.6 Å². The fourth-order valence-electron chi connectivity index (χ4n) is 22.5. The van der Waals surface area contributed by atoms with E-state index >= 15 is 13.2 Å². The van der Waals surface area contributed by atoms with Gasteiger partial charge in [-0.25, -0.2) is 13.2 Å². The van der Waals surface area contributed by atoms with Crippen LogP contribution in [0.3, 0.4) is 0 Å². The number of hydrogen-bond acceptors (Lipinski definition) is 17. The van der Waals surface area contributed by atoms with Crippen LogP contribution in [-0.2, 0) is 47.8 Å². The summed E-state index contributed by atoms with van der Waals surface area (Å²) in [5, 5.41) is 74.7. The number of ketones is 6. The maximum Gasteiger partial charge on any atom is 0.306 e. The number of halogens is 4. The first-order valence-electron chi connectivity index (χ1n) is 32.6. The minimum Gasteiger partial charge on any atom is -0.450 e. The van der Waals surface area contributed by atoms with Crippen molar-refractivity contribution in [1.82, 2.24) is 0 Å². The summed E-state index contributed by atoms with van der Waals surface area (Å²) in [6, 6.07) is 0. The molecule has 0 bridgehead atoms. The van der Waals surface area contributed by atoms with Gasteiger partial charge < -0.3 is 50.0 Å². The fourth-order valence-corrected chi connectivity index (χ4v) is 22.7. The number of hydrogen-bond donors (Lipinski definition) is 7. The molecule has 24 atom stereocenters. The van der Waals surface area contributed by atoms with E-state index in [9.17, 15) is 69.3 Å². The van der Waals surface area contributed by atoms with Crippen LogP contribution in [0.4, 0.5) is 13.2 Å². The quantitative estimate of drug-likeness (QED) is 0.0938. The van der Waals surface area contributed by atoms with Crippen molar-refractivity contribution in [1.29, 1.82) is 0 Å². The molecule has 12 aliphatic carbocycles. The van der Waals surface area contributed by atoms with Gasteiger partial charge in [-0.1, -0.05) is 69.6 Å². The molecule has 7 N–H and O–H groups in total. The molecule has 21 heteroatoms. The Balaban J connectivity index is 0.000000140. The second-order valence-electron chi connectivity index (χ2n) is 30.8. The number of rotatable bonds is 8. The van der Waals surface area contributed by atoms with Crippen molar-refractivity contribution in [3.8, 4) is 0 Å². The Kier molecular flexibility index (Phi) is 16.3. The van der Waals surface area contributed by atoms with Crippen molar-refractivity contribution in [2.24, 2.45) is 73.9 Å². The number of allylic oxidation sites excluding steroid dienone is 12. The van der Waals surface area contributed by atoms with E-state index in [-0.39, 0.29) is 78.9 Å². The zero-order valence-electron chi connectivity index (χ0n) is 53.7. The van der Waals surface area contributed by atoms with E-state index in [2.05, 4.69) is 0 Å². The summed E-state index contributed by atoms with van der Waals surface area (Å²) in [7, 11) is 0. The molecule has 0 radical (unpaired) electrons. The summed E-state index contributed by atoms with van der Waals surface area (Å²) in [6.45, 7) is 15.9. The molecule has 500 valence electrons. The molecule has 0 amide bonds. The third-order valence-corrected chi connectivity index (χ3v) is 27.1. The van der Waals surface area contributed by atoms with Crippen molar-refractivity contribution in [2.75, 3.05) is 19.1 Å². The summed E-state index contributed by atoms with van der Waals surface area (Å²) >= 11 is 6.01. The Labute approximate surface area is 534 Å². The van der Waals surface area contributed by atoms with Gasteiger partial charge in [0.15, 0.2) is 74.3 Å². The molecule has 1 heterocycles. The molecule has 91 heavy (non-hydrogen) atoms. The number of aliphatic hydroxyl groups is 7. The van der Waals surface area contributed by atoms with Gasteiger partial charge in [0.2, 0.25) is 0 Å². The van der Waals surface area contributed by atoms with Crippen molar-refractivity contribution in [3.05, 3.63) is 71.4 Å². The third-order valence-electron chi connectivity index (χ3n) is 26.9. The van der Waals surface area contributed by atoms with E-state index in [0.29, 0.717) is 62.5 Å². The zero-order valence-corrected chi connectivity index (χ0v) is 54.4. The van der Waals surface area contributed by atoms with Crippen molar-refractivity contribution in [3.63, 3.8) is 0 Å². The van der Waals surface area contributed by atoms with Gasteiger partial charge in [0.05, 0.1) is 36.4 Å². The molecule has 10 fully saturated rings. The maximum atomic E-state index is 17.2. The Morgan fingerprint density at radius 2 is 0.967 bits per heavy atom. The predicted molar refractivity (Wildman–Crippen MR) is 323 cm³/mol. The number of carbonyl (C=O) groups is 7. The highest BCUT2D eigenvalue weighted by Gasteiger charge is 2.82. The standard InChI is InChI=1S/C25H32ClFO5.C24H31FO6.C21H27FO6/c1-5-21(31)32-25(20(30)13-26)14(2)10-18-17-7-6-15-11-16(28)8-9-22(15,3)24(17,27)19(29)12-23(18,25)4;1-20(2)30-19-10-16-15-6-5-13-9-14(27)7-8-21(13,3)23(15,25)17(28)11-22(16,4)24(19,31-20)18(29)12-26;1-18-6-5-12(24)7-11(18)3-4-13-14-8-15(25)21(28,17(27)10-23)19(14,2)9-16(26)20(13,18)22/h8-9,11,14,17-19,29H,5-7,10,12-13H2,1-4H3;7-9,15-17,19,26,28H,5-6,10-12H2,1-4H3;5-7,13-16,23,25-26,28H,3-4,8-10H2,1-2H3/t14-,17-,18-,19-,22-,23-,24-,25-;15-,16-,17-,19+,21-,22-,23-,24+;13-,14-,15+,16-,18-,19-,20-,21-/m000/s1. The summed E-state index contributed by atoms with van der Waals surface area (Å²) in [4.78, 5) is 87.0. The van der Waals surface area contributed by atoms with Gasteiger partial charge >= 0.3 is 5.97 Å². The first-order chi connectivity index (χ1) is 42.2. The average Bonchev–Trinajstić information content (AvgIpc) is 1.61. The molecule has 17 nitrogen and oxygen atoms in total. The highest BCUT2D eigenvalue weighted by molar-refractivity contribution is 6.29. The predicted octanol–water partition coefficient (Wildman–Crippen LogP) is 7.14. The number of aliphatic hydroxyl groups excluding tert-OH is 6. The maximum absolute atomic E-state index is 17.2. The van der Waals surface area contributed by atoms with Gasteiger partial charge in [-0.15, -0.1) is 11.6 Å². The lowest BCUT2D eigenvalue weighted by Gasteiger charge is -2.62. The van der Waals surface area contributed by atoms with Crippen molar-refractivity contribution >= 4 is 52.3 Å². The summed E-state index contributed by atoms with van der Waals surface area (Å²) < 4.78 is 69.4. The van der Waals surface area contributed by atoms with Crippen LogP contribution in [-0.4, -0.2) is 166 Å². The molecule has 13 aliphatic rings. The van der Waals surface area contributed by atoms with E-state index in [1.165, 1.54) is 42.5 Å². The van der Waals surface area contributed by atoms with Gasteiger partial charge in [-0.05, 0) is 166 Å². The Morgan fingerprint density at radius 1 is 0.571 bits per heavy atom. The minimum atomic E-state index is -2.23. The largest absolute Gasteiger partial charge is 0.450 e. The summed E-state index contributed by atoms with van der Waals surface area (Å²) in [5.41, 5.74) is -15.6. The molecule has 0 unspecified atom stereocenters. The molecule has 0 spiro atoms. The SMILES string of the molecule is CC1(C)O[C@@H]2C[C@H]3[C@@H]4CCC5=CC(=O)C=C[C@]5(C)[C@@]4(F)[C@@H](O)C[C@]3(C)[C@]2(C(=O)CO)O1.CCC(=O)O[C@]1(C(=O)CCl)[C@@H](C)C[C@H]2[C@@H]3CCC4=CC(=O)C=C[C@]4(C)[C@@]3(F)[C@@H](O)C[C@@]21C.C[C@]12C=CC(=O)C=C1CC[C@H]1[C@@H]3C[C@@H](O)[C@](O)(C(=O)CO)[C@@]3(C)C[C@H](O)[C@@]12F. The van der Waals surface area contributed by atoms with Crippen LogP contribution in [0.25, 0.3) is 0 Å². The fraction of sp³-hybridized carbons (Fsp3) is 0.729. The van der Waals surface area contributed by atoms with Crippen LogP contribution < -0.4 is 0 Å². The molecule has 0 aromatic heterocycles. The number of esters is 1. The molecular weight excluding hydrogens is 1210 g/mol. The number of carbonyl (C=O) groups excluding carboxylic acids is 7. The number of ether oxygens (including phenoxy) is 3. The second-order valence-corrected chi connectivity index (χ2v) is 31.1. The summed E-state index contributed by atoms with van der Waals surface area (Å²) in [5.74, 6) is -7.40. The van der Waals surface area contributed by atoms with Crippen LogP contribution in [0, 0.1) is 73.9 Å². The highest BCUT2D eigenvalue weighted by atomic mass is 35.5. The monoisotopic (exact) mass is 1290 g/mol. The summed E-state index contributed by atoms with van der Waals surface area (Å²) in [6.07, 6.45) is 10.6. The molecule has 0 aromatic rings. The molecule has 13 rings (SSSR count). The average molecular weight is 1300 g/mol. The van der Waals surface area contributed by atoms with E-state index in [1.807, 2.05) is 20.8 Å². The van der Waals surface area contributed by atoms with Crippen LogP contribution in [0.5, 0.6) is 0 Å². The topological polar surface area (TPSA) is 289 Å². The zero-order chi connectivity index (χ0) is 67.0. The lowest BCUT2D eigenvalue weighted by molar-refractivity contribution is -0.246. The molecule has 9 saturated carbocycles. The lowest BCUT2D eigenvalue weighted by Crippen LogP contribution is -2.70. The van der Waals surface area contributed by atoms with Gasteiger partial charge in [-0.3, -0.25) is 33.6 Å². The first kappa shape index (κ1) is 68.0. The highest BCUT2D eigenvalue weighted by Crippen LogP contribution is 2.75. The minimum absolute atomic E-state index is 0.0109. The normalized spacial score (nSPS) is 50.5. The smallest absolute Gasteiger partial charge is 0.306 e. The Morgan fingerprint density at radius 3 is 1.37 bits per heavy atom. The molecule has 0 aromatic carbocycles. The number of Topliss-reactive ketones (excluding diaryl/α,β-unsaturated/α-hetero) is 3. The van der Waals surface area contributed by atoms with Crippen molar-refractivity contribution in [2.45, 2.75) is 223 Å². The Bertz CT molecular complexity index is 3340. The van der Waals surface area contributed by atoms with Crippen LogP contribution in [0.1, 0.15) is 153 Å². The van der Waals surface area contributed by atoms with Gasteiger partial charge in [0.1, 0.15) is 13.2 Å². The molecule has 1 aliphatic heterocycles. The first-order valence-corrected chi connectivity index (χ1v) is 33.1. The van der Waals surface area contributed by atoms with Gasteiger partial charge in [0, 0.05) is 62.6 Å². The number of alkyl halides is 4. The van der Waals surface area contributed by atoms with Crippen LogP contribution in [0.2, 0.25) is 0 Å². The van der Waals surface area contributed by atoms with E-state index in [1.54, 1.807) is 60.6 Å². The molecule has 1 saturated heterocycles. The van der Waals surface area contributed by atoms with E-state index in [0.717, 1.165) is 5.57 Å². The second kappa shape index (κ2) is 21.8. The van der Waals surface area contributed by atoms with Crippen LogP contribution in [0.15, 0.2) is 71.4 Å². The lowest BCUT2D eigenvalue weighted by atomic mass is 9.44. The molecular formula is C70H90ClF3O17. The number of fused-ring (bicyclic) bond motifs is 17. The van der Waals surface area contributed by atoms with Gasteiger partial charge in [-0.2, -0.15) is 0 Å². The Hall–Kier alpha value is -4.35. The van der Waals surface area contributed by atoms with Crippen molar-refractivity contribution < 1.29 is 96.7 Å².